The second-order valence-corrected chi connectivity index (χ2v) is 2.75. The molecule has 1 unspecified atom stereocenters. The molecule has 0 aliphatic rings. The maximum absolute atomic E-state index is 10.1. The maximum atomic E-state index is 10.1. The van der Waals surface area contributed by atoms with Gasteiger partial charge in [0.15, 0.2) is 6.10 Å². The number of carbonyl (C=O) groups is 1. The molecule has 3 N–H and O–H groups in total. The van der Waals surface area contributed by atoms with Gasteiger partial charge in [-0.1, -0.05) is 13.3 Å². The number of aliphatic hydroxyl groups is 1. The van der Waals surface area contributed by atoms with Crippen LogP contribution in [0.4, 0.5) is 0 Å². The van der Waals surface area contributed by atoms with Crippen LogP contribution in [0.15, 0.2) is 0 Å². The van der Waals surface area contributed by atoms with Gasteiger partial charge in [-0.3, -0.25) is 0 Å². The second kappa shape index (κ2) is 7.06. The summed E-state index contributed by atoms with van der Waals surface area (Å²) in [6, 6.07) is 0. The SMILES string of the molecule is CCCCNCCC(O)C(=O)O. The Kier molecular flexibility index (Phi) is 6.70. The van der Waals surface area contributed by atoms with Crippen molar-refractivity contribution in [3.8, 4) is 0 Å². The average Bonchev–Trinajstić information content (AvgIpc) is 2.03. The standard InChI is InChI=1S/C8H17NO3/c1-2-3-5-9-6-4-7(10)8(11)12/h7,9-10H,2-6H2,1H3,(H,11,12). The quantitative estimate of drug-likeness (QED) is 0.484. The first-order valence-corrected chi connectivity index (χ1v) is 4.30. The number of hydrogen-bond acceptors (Lipinski definition) is 3. The fourth-order valence-electron chi connectivity index (χ4n) is 0.789. The van der Waals surface area contributed by atoms with Gasteiger partial charge in [-0.05, 0) is 25.9 Å². The molecule has 0 aromatic rings. The first kappa shape index (κ1) is 11.4. The maximum Gasteiger partial charge on any atom is 0.332 e. The van der Waals surface area contributed by atoms with E-state index in [2.05, 4.69) is 12.2 Å². The zero-order valence-corrected chi connectivity index (χ0v) is 7.42. The van der Waals surface area contributed by atoms with Gasteiger partial charge in [0.25, 0.3) is 0 Å². The molecule has 0 heterocycles. The summed E-state index contributed by atoms with van der Waals surface area (Å²) >= 11 is 0. The Labute approximate surface area is 72.6 Å². The van der Waals surface area contributed by atoms with E-state index in [1.165, 1.54) is 0 Å². The molecule has 0 aliphatic carbocycles. The van der Waals surface area contributed by atoms with E-state index in [-0.39, 0.29) is 6.42 Å². The van der Waals surface area contributed by atoms with Crippen molar-refractivity contribution in [2.24, 2.45) is 0 Å². The van der Waals surface area contributed by atoms with Crippen LogP contribution in [0.5, 0.6) is 0 Å². The predicted molar refractivity (Wildman–Crippen MR) is 46.0 cm³/mol. The third kappa shape index (κ3) is 6.12. The highest BCUT2D eigenvalue weighted by Gasteiger charge is 2.11. The van der Waals surface area contributed by atoms with Crippen molar-refractivity contribution in [2.45, 2.75) is 32.3 Å². The number of aliphatic carboxylic acids is 1. The Balaban J connectivity index is 3.14. The van der Waals surface area contributed by atoms with Crippen molar-refractivity contribution in [2.75, 3.05) is 13.1 Å². The van der Waals surface area contributed by atoms with Gasteiger partial charge in [0.1, 0.15) is 0 Å². The van der Waals surface area contributed by atoms with E-state index < -0.39 is 12.1 Å². The largest absolute Gasteiger partial charge is 0.479 e. The molecule has 4 nitrogen and oxygen atoms in total. The molecule has 0 amide bonds. The van der Waals surface area contributed by atoms with Crippen LogP contribution < -0.4 is 5.32 Å². The van der Waals surface area contributed by atoms with Crippen LogP contribution in [0.2, 0.25) is 0 Å². The zero-order chi connectivity index (χ0) is 9.40. The molecular weight excluding hydrogens is 158 g/mol. The van der Waals surface area contributed by atoms with Crippen LogP contribution >= 0.6 is 0 Å². The number of carboxylic acid groups (broad SMARTS) is 1. The van der Waals surface area contributed by atoms with Gasteiger partial charge >= 0.3 is 5.97 Å². The van der Waals surface area contributed by atoms with Gasteiger partial charge in [-0.15, -0.1) is 0 Å². The lowest BCUT2D eigenvalue weighted by Crippen LogP contribution is -2.26. The summed E-state index contributed by atoms with van der Waals surface area (Å²) in [5.74, 6) is -1.15. The lowest BCUT2D eigenvalue weighted by molar-refractivity contribution is -0.146. The molecule has 0 fully saturated rings. The fourth-order valence-corrected chi connectivity index (χ4v) is 0.789. The Morgan fingerprint density at radius 2 is 2.17 bits per heavy atom. The van der Waals surface area contributed by atoms with Crippen LogP contribution in [0.3, 0.4) is 0 Å². The van der Waals surface area contributed by atoms with Crippen LogP contribution in [-0.4, -0.2) is 35.4 Å². The minimum atomic E-state index is -1.22. The summed E-state index contributed by atoms with van der Waals surface area (Å²) in [7, 11) is 0. The second-order valence-electron chi connectivity index (χ2n) is 2.75. The first-order valence-electron chi connectivity index (χ1n) is 4.30. The summed E-state index contributed by atoms with van der Waals surface area (Å²) in [5.41, 5.74) is 0. The lowest BCUT2D eigenvalue weighted by atomic mass is 10.2. The molecule has 0 saturated carbocycles. The summed E-state index contributed by atoms with van der Waals surface area (Å²) in [6.45, 7) is 3.55. The monoisotopic (exact) mass is 175 g/mol. The van der Waals surface area contributed by atoms with E-state index in [1.807, 2.05) is 0 Å². The molecule has 0 saturated heterocycles. The van der Waals surface area contributed by atoms with Crippen LogP contribution in [-0.2, 0) is 4.79 Å². The Bertz CT molecular complexity index is 127. The van der Waals surface area contributed by atoms with Gasteiger partial charge in [0.05, 0.1) is 0 Å². The molecule has 12 heavy (non-hydrogen) atoms. The predicted octanol–water partition coefficient (Wildman–Crippen LogP) is 0.212. The van der Waals surface area contributed by atoms with E-state index in [9.17, 15) is 4.79 Å². The van der Waals surface area contributed by atoms with Crippen molar-refractivity contribution >= 4 is 5.97 Å². The Morgan fingerprint density at radius 1 is 1.50 bits per heavy atom. The normalized spacial score (nSPS) is 12.8. The van der Waals surface area contributed by atoms with E-state index in [1.54, 1.807) is 0 Å². The Morgan fingerprint density at radius 3 is 2.67 bits per heavy atom. The minimum absolute atomic E-state index is 0.277. The molecule has 0 bridgehead atoms. The lowest BCUT2D eigenvalue weighted by Gasteiger charge is -2.05. The topological polar surface area (TPSA) is 69.6 Å². The van der Waals surface area contributed by atoms with E-state index in [0.29, 0.717) is 6.54 Å². The van der Waals surface area contributed by atoms with Gasteiger partial charge in [-0.25, -0.2) is 4.79 Å². The smallest absolute Gasteiger partial charge is 0.332 e. The van der Waals surface area contributed by atoms with Crippen LogP contribution in [0.1, 0.15) is 26.2 Å². The Hall–Kier alpha value is -0.610. The number of hydrogen-bond donors (Lipinski definition) is 3. The van der Waals surface area contributed by atoms with Gasteiger partial charge in [0.2, 0.25) is 0 Å². The third-order valence-electron chi connectivity index (χ3n) is 1.59. The highest BCUT2D eigenvalue weighted by atomic mass is 16.4. The zero-order valence-electron chi connectivity index (χ0n) is 7.42. The molecular formula is C8H17NO3. The van der Waals surface area contributed by atoms with Crippen molar-refractivity contribution in [3.05, 3.63) is 0 Å². The van der Waals surface area contributed by atoms with Crippen molar-refractivity contribution in [1.82, 2.24) is 5.32 Å². The van der Waals surface area contributed by atoms with Crippen molar-refractivity contribution in [1.29, 1.82) is 0 Å². The summed E-state index contributed by atoms with van der Waals surface area (Å²) in [4.78, 5) is 10.1. The third-order valence-corrected chi connectivity index (χ3v) is 1.59. The van der Waals surface area contributed by atoms with Crippen molar-refractivity contribution < 1.29 is 15.0 Å². The van der Waals surface area contributed by atoms with E-state index in [0.717, 1.165) is 19.4 Å². The highest BCUT2D eigenvalue weighted by Crippen LogP contribution is 1.89. The van der Waals surface area contributed by atoms with Crippen LogP contribution in [0, 0.1) is 0 Å². The molecule has 0 radical (unpaired) electrons. The van der Waals surface area contributed by atoms with Gasteiger partial charge in [0, 0.05) is 0 Å². The molecule has 0 spiro atoms. The molecule has 0 aromatic carbocycles. The van der Waals surface area contributed by atoms with E-state index in [4.69, 9.17) is 10.2 Å². The molecule has 0 aliphatic heterocycles. The molecule has 72 valence electrons. The minimum Gasteiger partial charge on any atom is -0.479 e. The van der Waals surface area contributed by atoms with Crippen LogP contribution in [0.25, 0.3) is 0 Å². The number of unbranched alkanes of at least 4 members (excludes halogenated alkanes) is 1. The highest BCUT2D eigenvalue weighted by molar-refractivity contribution is 5.71. The van der Waals surface area contributed by atoms with E-state index >= 15 is 0 Å². The number of rotatable bonds is 7. The van der Waals surface area contributed by atoms with Crippen molar-refractivity contribution in [3.63, 3.8) is 0 Å². The molecule has 1 atom stereocenters. The molecule has 4 heteroatoms. The molecule has 0 rings (SSSR count). The number of carboxylic acids is 1. The average molecular weight is 175 g/mol. The summed E-state index contributed by atoms with van der Waals surface area (Å²) < 4.78 is 0. The first-order chi connectivity index (χ1) is 5.68. The number of aliphatic hydroxyl groups excluding tert-OH is 1. The van der Waals surface area contributed by atoms with Gasteiger partial charge < -0.3 is 15.5 Å². The number of nitrogens with one attached hydrogen (secondary N) is 1. The summed E-state index contributed by atoms with van der Waals surface area (Å²) in [5, 5.41) is 20.2. The summed E-state index contributed by atoms with van der Waals surface area (Å²) in [6.07, 6.45) is 1.26. The molecule has 0 aromatic heterocycles. The fraction of sp³-hybridized carbons (Fsp3) is 0.875. The van der Waals surface area contributed by atoms with Gasteiger partial charge in [-0.2, -0.15) is 0 Å².